The summed E-state index contributed by atoms with van der Waals surface area (Å²) in [6, 6.07) is 11.9. The van der Waals surface area contributed by atoms with E-state index in [-0.39, 0.29) is 0 Å². The largest absolute Gasteiger partial charge is 0.440 e. The second kappa shape index (κ2) is 5.73. The molecule has 5 heteroatoms. The molecule has 1 aromatic carbocycles. The van der Waals surface area contributed by atoms with Gasteiger partial charge in [-0.1, -0.05) is 18.2 Å². The summed E-state index contributed by atoms with van der Waals surface area (Å²) in [4.78, 5) is 6.71. The van der Waals surface area contributed by atoms with Gasteiger partial charge in [-0.15, -0.1) is 23.1 Å². The van der Waals surface area contributed by atoms with Gasteiger partial charge in [-0.05, 0) is 30.5 Å². The fourth-order valence-corrected chi connectivity index (χ4v) is 3.44. The molecular weight excluding hydrogens is 288 g/mol. The molecule has 0 spiro atoms. The molecule has 3 nitrogen and oxygen atoms in total. The summed E-state index contributed by atoms with van der Waals surface area (Å²) in [6.07, 6.45) is 0. The number of nitrogens with zero attached hydrogens (tertiary/aromatic N) is 1. The molecule has 3 aromatic rings. The lowest BCUT2D eigenvalue weighted by atomic mass is 10.3. The van der Waals surface area contributed by atoms with Crippen LogP contribution in [0.3, 0.4) is 0 Å². The molecule has 2 N–H and O–H groups in total. The minimum Gasteiger partial charge on any atom is -0.440 e. The van der Waals surface area contributed by atoms with E-state index < -0.39 is 0 Å². The van der Waals surface area contributed by atoms with E-state index in [0.29, 0.717) is 5.89 Å². The van der Waals surface area contributed by atoms with Crippen LogP contribution in [-0.4, -0.2) is 4.98 Å². The molecule has 0 saturated carbocycles. The first kappa shape index (κ1) is 13.3. The summed E-state index contributed by atoms with van der Waals surface area (Å²) in [5.74, 6) is 2.33. The van der Waals surface area contributed by atoms with Gasteiger partial charge < -0.3 is 10.2 Å². The van der Waals surface area contributed by atoms with Gasteiger partial charge in [-0.3, -0.25) is 0 Å². The van der Waals surface area contributed by atoms with Crippen LogP contribution >= 0.6 is 23.1 Å². The molecule has 0 aliphatic rings. The lowest BCUT2D eigenvalue weighted by Crippen LogP contribution is -1.89. The summed E-state index contributed by atoms with van der Waals surface area (Å²) in [5, 5.41) is 2.02. The number of rotatable bonds is 4. The van der Waals surface area contributed by atoms with Crippen molar-refractivity contribution in [3.8, 4) is 10.8 Å². The second-order valence-corrected chi connectivity index (χ2v) is 6.29. The van der Waals surface area contributed by atoms with Gasteiger partial charge in [0.2, 0.25) is 5.89 Å². The van der Waals surface area contributed by atoms with Gasteiger partial charge >= 0.3 is 0 Å². The normalized spacial score (nSPS) is 10.8. The number of nitrogens with two attached hydrogens (primary N) is 1. The zero-order chi connectivity index (χ0) is 13.9. The highest BCUT2D eigenvalue weighted by Gasteiger charge is 2.12. The lowest BCUT2D eigenvalue weighted by molar-refractivity contribution is 0.542. The molecule has 20 heavy (non-hydrogen) atoms. The Kier molecular flexibility index (Phi) is 3.80. The van der Waals surface area contributed by atoms with E-state index in [1.54, 1.807) is 23.1 Å². The summed E-state index contributed by atoms with van der Waals surface area (Å²) in [7, 11) is 0. The predicted octanol–water partition coefficient (Wildman–Crippen LogP) is 4.59. The molecule has 0 aliphatic heterocycles. The first-order chi connectivity index (χ1) is 9.74. The molecule has 0 fully saturated rings. The number of hydrogen-bond donors (Lipinski definition) is 1. The minimum absolute atomic E-state index is 0.703. The summed E-state index contributed by atoms with van der Waals surface area (Å²) in [5.41, 5.74) is 7.72. The molecule has 0 unspecified atom stereocenters. The Morgan fingerprint density at radius 3 is 2.85 bits per heavy atom. The minimum atomic E-state index is 0.703. The van der Waals surface area contributed by atoms with Crippen LogP contribution in [0.4, 0.5) is 5.69 Å². The maximum Gasteiger partial charge on any atom is 0.236 e. The van der Waals surface area contributed by atoms with Crippen LogP contribution < -0.4 is 5.73 Å². The lowest BCUT2D eigenvalue weighted by Gasteiger charge is -2.03. The van der Waals surface area contributed by atoms with Crippen molar-refractivity contribution in [1.29, 1.82) is 0 Å². The Morgan fingerprint density at radius 1 is 1.25 bits per heavy atom. The van der Waals surface area contributed by atoms with Crippen LogP contribution in [0.15, 0.2) is 51.1 Å². The predicted molar refractivity (Wildman–Crippen MR) is 85.0 cm³/mol. The van der Waals surface area contributed by atoms with Gasteiger partial charge in [0.25, 0.3) is 0 Å². The zero-order valence-corrected chi connectivity index (χ0v) is 12.6. The molecule has 0 bridgehead atoms. The number of nitrogen functional groups attached to an aromatic ring is 1. The Morgan fingerprint density at radius 2 is 2.10 bits per heavy atom. The molecule has 0 amide bonds. The molecule has 2 heterocycles. The second-order valence-electron chi connectivity index (χ2n) is 4.33. The topological polar surface area (TPSA) is 52.0 Å². The number of hydrogen-bond acceptors (Lipinski definition) is 5. The van der Waals surface area contributed by atoms with E-state index in [0.717, 1.165) is 32.7 Å². The van der Waals surface area contributed by atoms with Crippen LogP contribution in [-0.2, 0) is 5.75 Å². The highest BCUT2D eigenvalue weighted by molar-refractivity contribution is 7.98. The summed E-state index contributed by atoms with van der Waals surface area (Å²) >= 11 is 3.31. The highest BCUT2D eigenvalue weighted by Crippen LogP contribution is 2.31. The zero-order valence-electron chi connectivity index (χ0n) is 11.0. The van der Waals surface area contributed by atoms with Crippen LogP contribution in [0.2, 0.25) is 0 Å². The molecule has 102 valence electrons. The Hall–Kier alpha value is -1.72. The summed E-state index contributed by atoms with van der Waals surface area (Å²) in [6.45, 7) is 1.95. The van der Waals surface area contributed by atoms with Crippen molar-refractivity contribution in [3.05, 3.63) is 53.2 Å². The SMILES string of the molecule is Cc1oc(-c2cccs2)nc1CSc1ccccc1N. The van der Waals surface area contributed by atoms with Gasteiger partial charge in [0.05, 0.1) is 10.6 Å². The van der Waals surface area contributed by atoms with Gasteiger partial charge in [0.15, 0.2) is 0 Å². The van der Waals surface area contributed by atoms with Crippen molar-refractivity contribution in [3.63, 3.8) is 0 Å². The Labute approximate surface area is 125 Å². The Balaban J connectivity index is 1.77. The monoisotopic (exact) mass is 302 g/mol. The summed E-state index contributed by atoms with van der Waals surface area (Å²) < 4.78 is 5.73. The fourth-order valence-electron chi connectivity index (χ4n) is 1.83. The number of aryl methyl sites for hydroxylation is 1. The average molecular weight is 302 g/mol. The maximum atomic E-state index is 5.94. The molecular formula is C15H14N2OS2. The number of thiophene rings is 1. The van der Waals surface area contributed by atoms with E-state index >= 15 is 0 Å². The quantitative estimate of drug-likeness (QED) is 0.566. The van der Waals surface area contributed by atoms with Crippen molar-refractivity contribution in [2.24, 2.45) is 0 Å². The van der Waals surface area contributed by atoms with Crippen LogP contribution in [0.25, 0.3) is 10.8 Å². The van der Waals surface area contributed by atoms with Crippen molar-refractivity contribution in [1.82, 2.24) is 4.98 Å². The number of aromatic nitrogens is 1. The highest BCUT2D eigenvalue weighted by atomic mass is 32.2. The standard InChI is InChI=1S/C15H14N2OS2/c1-10-12(9-20-13-6-3-2-5-11(13)16)17-15(18-10)14-7-4-8-19-14/h2-8H,9,16H2,1H3. The third-order valence-electron chi connectivity index (χ3n) is 2.91. The first-order valence-electron chi connectivity index (χ1n) is 6.21. The average Bonchev–Trinajstić information content (AvgIpc) is 3.07. The van der Waals surface area contributed by atoms with E-state index in [2.05, 4.69) is 4.98 Å². The van der Waals surface area contributed by atoms with Crippen molar-refractivity contribution >= 4 is 28.8 Å². The first-order valence-corrected chi connectivity index (χ1v) is 8.08. The van der Waals surface area contributed by atoms with Crippen LogP contribution in [0, 0.1) is 6.92 Å². The third-order valence-corrected chi connectivity index (χ3v) is 4.87. The van der Waals surface area contributed by atoms with Gasteiger partial charge in [-0.25, -0.2) is 4.98 Å². The molecule has 3 rings (SSSR count). The van der Waals surface area contributed by atoms with Gasteiger partial charge in [0, 0.05) is 16.3 Å². The van der Waals surface area contributed by atoms with Crippen molar-refractivity contribution in [2.45, 2.75) is 17.6 Å². The molecule has 0 radical (unpaired) electrons. The van der Waals surface area contributed by atoms with E-state index in [1.165, 1.54) is 0 Å². The number of para-hydroxylation sites is 1. The van der Waals surface area contributed by atoms with E-state index in [4.69, 9.17) is 10.2 Å². The number of thioether (sulfide) groups is 1. The molecule has 0 aliphatic carbocycles. The maximum absolute atomic E-state index is 5.94. The number of anilines is 1. The van der Waals surface area contributed by atoms with Crippen molar-refractivity contribution in [2.75, 3.05) is 5.73 Å². The van der Waals surface area contributed by atoms with E-state index in [1.807, 2.05) is 48.7 Å². The number of benzene rings is 1. The van der Waals surface area contributed by atoms with Crippen LogP contribution in [0.1, 0.15) is 11.5 Å². The molecule has 0 atom stereocenters. The smallest absolute Gasteiger partial charge is 0.236 e. The van der Waals surface area contributed by atoms with Gasteiger partial charge in [0.1, 0.15) is 5.76 Å². The third kappa shape index (κ3) is 2.73. The van der Waals surface area contributed by atoms with Gasteiger partial charge in [-0.2, -0.15) is 0 Å². The van der Waals surface area contributed by atoms with Crippen molar-refractivity contribution < 1.29 is 4.42 Å². The fraction of sp³-hybridized carbons (Fsp3) is 0.133. The Bertz CT molecular complexity index is 704. The number of oxazole rings is 1. The van der Waals surface area contributed by atoms with E-state index in [9.17, 15) is 0 Å². The molecule has 2 aromatic heterocycles. The van der Waals surface area contributed by atoms with Crippen LogP contribution in [0.5, 0.6) is 0 Å². The molecule has 0 saturated heterocycles.